The van der Waals surface area contributed by atoms with E-state index in [-0.39, 0.29) is 40.9 Å². The maximum atomic E-state index is 13.1. The zero-order valence-corrected chi connectivity index (χ0v) is 23.4. The number of nitrogens with one attached hydrogen (secondary N) is 2. The molecule has 0 heterocycles. The number of guanidine groups is 1. The third-order valence-corrected chi connectivity index (χ3v) is 6.13. The Kier molecular flexibility index (Phi) is 11.4. The quantitative estimate of drug-likeness (QED) is 0.0403. The number of halogens is 1. The van der Waals surface area contributed by atoms with Crippen molar-refractivity contribution in [3.63, 3.8) is 0 Å². The molecule has 0 saturated carbocycles. The third kappa shape index (κ3) is 9.14. The summed E-state index contributed by atoms with van der Waals surface area (Å²) in [4.78, 5) is 59.7. The van der Waals surface area contributed by atoms with Gasteiger partial charge in [0.05, 0.1) is 40.6 Å². The van der Waals surface area contributed by atoms with Gasteiger partial charge >= 0.3 is 17.9 Å². The number of nitrogens with zero attached hydrogens (tertiary/aromatic N) is 4. The van der Waals surface area contributed by atoms with Crippen LogP contribution in [0.4, 0.5) is 11.4 Å². The van der Waals surface area contributed by atoms with E-state index in [9.17, 15) is 24.3 Å². The number of benzene rings is 3. The predicted octanol–water partition coefficient (Wildman–Crippen LogP) is 2.62. The van der Waals surface area contributed by atoms with Gasteiger partial charge in [-0.15, -0.1) is 5.11 Å². The maximum absolute atomic E-state index is 13.1. The third-order valence-electron chi connectivity index (χ3n) is 5.83. The highest BCUT2D eigenvalue weighted by Crippen LogP contribution is 2.30. The molecule has 0 aliphatic heterocycles. The normalized spacial score (nSPS) is 11.0. The van der Waals surface area contributed by atoms with E-state index < -0.39 is 30.4 Å². The number of anilines is 1. The molecule has 0 saturated heterocycles. The van der Waals surface area contributed by atoms with E-state index in [0.29, 0.717) is 16.9 Å². The lowest BCUT2D eigenvalue weighted by molar-refractivity contribution is -0.138. The van der Waals surface area contributed by atoms with Gasteiger partial charge in [-0.3, -0.25) is 19.9 Å². The number of rotatable bonds is 11. The minimum Gasteiger partial charge on any atom is -0.480 e. The van der Waals surface area contributed by atoms with Crippen LogP contribution in [0.5, 0.6) is 5.75 Å². The fourth-order valence-electron chi connectivity index (χ4n) is 3.79. The second-order valence-electron chi connectivity index (χ2n) is 8.84. The van der Waals surface area contributed by atoms with Crippen molar-refractivity contribution in [2.75, 3.05) is 25.0 Å². The number of hydrogen-bond acceptors (Lipinski definition) is 11. The smallest absolute Gasteiger partial charge is 0.356 e. The lowest BCUT2D eigenvalue weighted by Crippen LogP contribution is -2.40. The molecule has 0 spiro atoms. The van der Waals surface area contributed by atoms with Crippen molar-refractivity contribution in [3.8, 4) is 5.75 Å². The molecule has 0 aromatic heterocycles. The van der Waals surface area contributed by atoms with E-state index in [1.807, 2.05) is 0 Å². The number of hydrogen-bond donors (Lipinski definition) is 5. The van der Waals surface area contributed by atoms with Crippen LogP contribution in [0, 0.1) is 5.53 Å². The first kappa shape index (κ1) is 32.3. The lowest BCUT2D eigenvalue weighted by Gasteiger charge is -2.25. The lowest BCUT2D eigenvalue weighted by atomic mass is 10.1. The fourth-order valence-corrected chi connectivity index (χ4v) is 4.08. The molecular weight excluding hydrogens is 584 g/mol. The monoisotopic (exact) mass is 610 g/mol. The molecule has 3 aromatic rings. The summed E-state index contributed by atoms with van der Waals surface area (Å²) in [6.07, 6.45) is 0. The predicted molar refractivity (Wildman–Crippen MR) is 155 cm³/mol. The molecule has 3 rings (SSSR count). The number of carboxylic acid groups (broad SMARTS) is 1. The first-order valence-corrected chi connectivity index (χ1v) is 12.7. The highest BCUT2D eigenvalue weighted by atomic mass is 35.5. The summed E-state index contributed by atoms with van der Waals surface area (Å²) < 4.78 is 5.39. The van der Waals surface area contributed by atoms with Gasteiger partial charge in [0.15, 0.2) is 0 Å². The molecule has 0 bridgehead atoms. The number of likely N-dealkylation sites (N-methyl/N-ethyl adjacent to an activating group) is 1. The van der Waals surface area contributed by atoms with Crippen LogP contribution in [0.1, 0.15) is 26.3 Å². The summed E-state index contributed by atoms with van der Waals surface area (Å²) >= 11 is 6.40. The number of carbonyl (C=O) groups is 4. The number of nitrogens with two attached hydrogens (primary N) is 2. The Labute approximate surface area is 250 Å². The Balaban J connectivity index is 1.68. The molecule has 0 atom stereocenters. The van der Waals surface area contributed by atoms with Crippen LogP contribution in [-0.2, 0) is 21.0 Å². The van der Waals surface area contributed by atoms with Gasteiger partial charge in [0.25, 0.3) is 5.96 Å². The van der Waals surface area contributed by atoms with Crippen molar-refractivity contribution in [2.45, 2.75) is 6.54 Å². The van der Waals surface area contributed by atoms with Crippen molar-refractivity contribution in [1.29, 1.82) is 5.53 Å². The average molecular weight is 611 g/mol. The van der Waals surface area contributed by atoms with Crippen LogP contribution in [0.15, 0.2) is 76.8 Å². The summed E-state index contributed by atoms with van der Waals surface area (Å²) in [6, 6.07) is 16.5. The molecule has 0 aliphatic rings. The van der Waals surface area contributed by atoms with Gasteiger partial charge in [0.2, 0.25) is 5.91 Å². The zero-order chi connectivity index (χ0) is 31.5. The molecule has 1 amide bonds. The van der Waals surface area contributed by atoms with Crippen LogP contribution >= 0.6 is 11.6 Å². The number of amides is 1. The summed E-state index contributed by atoms with van der Waals surface area (Å²) in [6.45, 7) is -0.704. The highest BCUT2D eigenvalue weighted by molar-refractivity contribution is 6.34. The zero-order valence-electron chi connectivity index (χ0n) is 22.7. The second-order valence-corrected chi connectivity index (χ2v) is 9.25. The van der Waals surface area contributed by atoms with Gasteiger partial charge in [-0.25, -0.2) is 26.0 Å². The van der Waals surface area contributed by atoms with Crippen molar-refractivity contribution in [2.24, 2.45) is 21.8 Å². The Bertz CT molecular complexity index is 1550. The Morgan fingerprint density at radius 1 is 1.00 bits per heavy atom. The van der Waals surface area contributed by atoms with E-state index in [1.165, 1.54) is 71.4 Å². The second kappa shape index (κ2) is 15.1. The van der Waals surface area contributed by atoms with Crippen LogP contribution in [-0.4, -0.2) is 59.9 Å². The molecule has 0 unspecified atom stereocenters. The van der Waals surface area contributed by atoms with Gasteiger partial charge in [0, 0.05) is 19.7 Å². The van der Waals surface area contributed by atoms with Crippen LogP contribution in [0.3, 0.4) is 0 Å². The highest BCUT2D eigenvalue weighted by Gasteiger charge is 2.21. The Morgan fingerprint density at radius 3 is 2.33 bits per heavy atom. The van der Waals surface area contributed by atoms with Crippen LogP contribution in [0.2, 0.25) is 5.02 Å². The van der Waals surface area contributed by atoms with E-state index >= 15 is 0 Å². The molecule has 15 nitrogen and oxygen atoms in total. The van der Waals surface area contributed by atoms with E-state index in [1.54, 1.807) is 12.1 Å². The molecule has 224 valence electrons. The van der Waals surface area contributed by atoms with Crippen molar-refractivity contribution >= 4 is 52.8 Å². The average Bonchev–Trinajstić information content (AvgIpc) is 2.99. The molecule has 0 radical (unpaired) electrons. The van der Waals surface area contributed by atoms with Crippen molar-refractivity contribution < 1.29 is 33.9 Å². The number of hydrazine groups is 1. The molecule has 7 N–H and O–H groups in total. The SMILES string of the molecule is CN(C(=O)CN(CC(=O)O)Cc1cccc(C(=O)ON)c1)c1ccc(OC(=O)c2ccc(N=C(N=N)NN)cc2)cc1Cl. The number of aliphatic carboxylic acids is 1. The number of carboxylic acids is 1. The molecule has 0 aliphatic carbocycles. The van der Waals surface area contributed by atoms with E-state index in [2.05, 4.69) is 20.4 Å². The minimum absolute atomic E-state index is 0.0398. The summed E-state index contributed by atoms with van der Waals surface area (Å²) in [5.74, 6) is 7.06. The van der Waals surface area contributed by atoms with E-state index in [4.69, 9.17) is 33.6 Å². The molecule has 16 heteroatoms. The van der Waals surface area contributed by atoms with Gasteiger partial charge in [-0.2, -0.15) is 5.90 Å². The number of ether oxygens (including phenoxy) is 1. The largest absolute Gasteiger partial charge is 0.480 e. The summed E-state index contributed by atoms with van der Waals surface area (Å²) in [5, 5.41) is 12.6. The molecule has 43 heavy (non-hydrogen) atoms. The van der Waals surface area contributed by atoms with Crippen molar-refractivity contribution in [3.05, 3.63) is 88.4 Å². The van der Waals surface area contributed by atoms with Crippen LogP contribution in [0.25, 0.3) is 0 Å². The Hall–Kier alpha value is -5.22. The maximum Gasteiger partial charge on any atom is 0.356 e. The standard InChI is InChI=1S/C27H27ClN8O7/c1-35(23(37)14-36(15-24(38)39)13-16-3-2-4-18(11-16)26(41)43-31)22-10-9-20(12-21(22)28)42-25(40)17-5-7-19(8-6-17)32-27(33-29)34-30/h2-12,29H,13-15,30-31H2,1H3,(H,32,34)(H,38,39). The van der Waals surface area contributed by atoms with Gasteiger partial charge in [0.1, 0.15) is 5.75 Å². The first-order chi connectivity index (χ1) is 20.5. The summed E-state index contributed by atoms with van der Waals surface area (Å²) in [7, 11) is 1.47. The van der Waals surface area contributed by atoms with E-state index in [0.717, 1.165) is 0 Å². The topological polar surface area (TPSA) is 226 Å². The number of carbonyl (C=O) groups excluding carboxylic acids is 3. The van der Waals surface area contributed by atoms with Crippen LogP contribution < -0.4 is 26.8 Å². The molecular formula is C27H27ClN8O7. The van der Waals surface area contributed by atoms with Gasteiger partial charge in [-0.1, -0.05) is 23.7 Å². The number of aliphatic imine (C=N–C) groups is 1. The first-order valence-electron chi connectivity index (χ1n) is 12.3. The van der Waals surface area contributed by atoms with Crippen molar-refractivity contribution in [1.82, 2.24) is 10.3 Å². The summed E-state index contributed by atoms with van der Waals surface area (Å²) in [5.41, 5.74) is 10.7. The molecule has 3 aromatic carbocycles. The minimum atomic E-state index is -1.15. The van der Waals surface area contributed by atoms with Gasteiger partial charge in [-0.05, 0) is 54.1 Å². The molecule has 0 fully saturated rings. The fraction of sp³-hybridized carbons (Fsp3) is 0.148. The van der Waals surface area contributed by atoms with Gasteiger partial charge < -0.3 is 19.6 Å². The Morgan fingerprint density at radius 2 is 1.72 bits per heavy atom. The number of esters is 1.